The molecule has 4 aromatic rings. The molecule has 0 aliphatic heterocycles. The number of nitrogen functional groups attached to an aromatic ring is 1. The predicted molar refractivity (Wildman–Crippen MR) is 162 cm³/mol. The van der Waals surface area contributed by atoms with Crippen molar-refractivity contribution in [2.24, 2.45) is 15.3 Å². The number of azo groups is 1. The van der Waals surface area contributed by atoms with Gasteiger partial charge in [0.15, 0.2) is 24.8 Å². The first-order chi connectivity index (χ1) is 20.1. The van der Waals surface area contributed by atoms with Gasteiger partial charge < -0.3 is 49.2 Å². The number of aromatic nitrogens is 2. The summed E-state index contributed by atoms with van der Waals surface area (Å²) in [5, 5.41) is 15.0. The van der Waals surface area contributed by atoms with Crippen molar-refractivity contribution in [2.75, 3.05) is 32.0 Å². The van der Waals surface area contributed by atoms with Crippen LogP contribution in [0.3, 0.4) is 0 Å². The maximum absolute atomic E-state index is 6.13. The van der Waals surface area contributed by atoms with Crippen LogP contribution in [0.5, 0.6) is 11.5 Å². The van der Waals surface area contributed by atoms with E-state index in [4.69, 9.17) is 15.2 Å². The molecule has 43 heavy (non-hydrogen) atoms. The lowest BCUT2D eigenvalue weighted by Crippen LogP contribution is -3.00. The third kappa shape index (κ3) is 11.1. The highest BCUT2D eigenvalue weighted by Gasteiger charge is 2.09. The molecule has 228 valence electrons. The highest BCUT2D eigenvalue weighted by Crippen LogP contribution is 2.37. The van der Waals surface area contributed by atoms with E-state index in [0.717, 1.165) is 42.9 Å². The molecule has 2 N–H and O–H groups in total. The SMILES string of the molecule is COc1cc(N=Nc2cc[n+](CCCCCC[n+]3ccc(/C=N\N(C)c4ccccc4)cc3)cc2)c(N)c(OC)c1.[Br-].[Br-]. The molecule has 2 aromatic heterocycles. The molecule has 0 unspecified atom stereocenters. The first-order valence-electron chi connectivity index (χ1n) is 13.8. The van der Waals surface area contributed by atoms with Gasteiger partial charge in [-0.15, -0.1) is 5.11 Å². The number of anilines is 2. The second kappa shape index (κ2) is 18.7. The number of para-hydroxylation sites is 1. The highest BCUT2D eigenvalue weighted by atomic mass is 79.9. The number of benzene rings is 2. The minimum absolute atomic E-state index is 0. The van der Waals surface area contributed by atoms with Crippen LogP contribution in [0.4, 0.5) is 22.7 Å². The summed E-state index contributed by atoms with van der Waals surface area (Å²) in [6.45, 7) is 1.98. The van der Waals surface area contributed by atoms with Crippen LogP contribution in [-0.2, 0) is 13.1 Å². The van der Waals surface area contributed by atoms with Gasteiger partial charge in [0.25, 0.3) is 0 Å². The van der Waals surface area contributed by atoms with Crippen LogP contribution in [0.15, 0.2) is 107 Å². The molecule has 0 atom stereocenters. The Bertz CT molecular complexity index is 1440. The van der Waals surface area contributed by atoms with Gasteiger partial charge in [0.1, 0.15) is 36.0 Å². The Balaban J connectivity index is 0.00000323. The molecule has 0 radical (unpaired) electrons. The van der Waals surface area contributed by atoms with Crippen LogP contribution >= 0.6 is 0 Å². The summed E-state index contributed by atoms with van der Waals surface area (Å²) in [6.07, 6.45) is 14.8. The molecule has 0 saturated carbocycles. The normalized spacial score (nSPS) is 10.8. The molecular weight excluding hydrogens is 674 g/mol. The molecule has 0 fully saturated rings. The summed E-state index contributed by atoms with van der Waals surface area (Å²) in [6, 6.07) is 21.7. The lowest BCUT2D eigenvalue weighted by molar-refractivity contribution is -0.698. The van der Waals surface area contributed by atoms with Gasteiger partial charge in [0.05, 0.1) is 31.8 Å². The van der Waals surface area contributed by atoms with Gasteiger partial charge in [0.2, 0.25) is 0 Å². The van der Waals surface area contributed by atoms with E-state index in [-0.39, 0.29) is 34.0 Å². The second-order valence-electron chi connectivity index (χ2n) is 9.64. The Morgan fingerprint density at radius 2 is 1.37 bits per heavy atom. The van der Waals surface area contributed by atoms with Gasteiger partial charge in [-0.05, 0) is 25.0 Å². The second-order valence-corrected chi connectivity index (χ2v) is 9.64. The fourth-order valence-corrected chi connectivity index (χ4v) is 4.24. The zero-order valence-electron chi connectivity index (χ0n) is 24.8. The zero-order chi connectivity index (χ0) is 28.9. The summed E-state index contributed by atoms with van der Waals surface area (Å²) in [4.78, 5) is 0. The minimum Gasteiger partial charge on any atom is -1.00 e. The number of hydrazone groups is 1. The number of hydrogen-bond acceptors (Lipinski definition) is 7. The Morgan fingerprint density at radius 1 is 0.767 bits per heavy atom. The lowest BCUT2D eigenvalue weighted by atomic mass is 10.2. The van der Waals surface area contributed by atoms with Crippen LogP contribution in [-0.4, -0.2) is 27.5 Å². The van der Waals surface area contributed by atoms with Gasteiger partial charge in [-0.1, -0.05) is 18.2 Å². The molecule has 2 aromatic carbocycles. The third-order valence-electron chi connectivity index (χ3n) is 6.71. The molecular formula is C32H39Br2N7O2. The van der Waals surface area contributed by atoms with E-state index in [1.54, 1.807) is 26.4 Å². The maximum atomic E-state index is 6.13. The molecule has 2 heterocycles. The number of hydrogen-bond donors (Lipinski definition) is 1. The summed E-state index contributed by atoms with van der Waals surface area (Å²) in [5.74, 6) is 1.12. The van der Waals surface area contributed by atoms with Gasteiger partial charge in [-0.2, -0.15) is 10.2 Å². The molecule has 0 aliphatic rings. The van der Waals surface area contributed by atoms with Gasteiger partial charge in [-0.25, -0.2) is 9.13 Å². The number of rotatable bonds is 14. The third-order valence-corrected chi connectivity index (χ3v) is 6.71. The fourth-order valence-electron chi connectivity index (χ4n) is 4.24. The van der Waals surface area contributed by atoms with E-state index < -0.39 is 0 Å². The van der Waals surface area contributed by atoms with Crippen molar-refractivity contribution in [3.8, 4) is 11.5 Å². The fraction of sp³-hybridized carbons (Fsp3) is 0.281. The van der Waals surface area contributed by atoms with Gasteiger partial charge in [0, 0.05) is 61.9 Å². The number of ether oxygens (including phenoxy) is 2. The number of aryl methyl sites for hydroxylation is 2. The molecule has 9 nitrogen and oxygen atoms in total. The van der Waals surface area contributed by atoms with E-state index in [2.05, 4.69) is 49.0 Å². The average molecular weight is 714 g/mol. The maximum Gasteiger partial charge on any atom is 0.171 e. The molecule has 4 rings (SSSR count). The lowest BCUT2D eigenvalue weighted by Gasteiger charge is -2.11. The topological polar surface area (TPSA) is 92.6 Å². The quantitative estimate of drug-likeness (QED) is 0.0499. The molecule has 0 bridgehead atoms. The van der Waals surface area contributed by atoms with Crippen molar-refractivity contribution in [1.29, 1.82) is 0 Å². The van der Waals surface area contributed by atoms with Gasteiger partial charge >= 0.3 is 0 Å². The Hall–Kier alpha value is -3.83. The smallest absolute Gasteiger partial charge is 0.171 e. The first-order valence-corrected chi connectivity index (χ1v) is 13.8. The summed E-state index contributed by atoms with van der Waals surface area (Å²) in [5.41, 5.74) is 9.95. The number of nitrogens with zero attached hydrogens (tertiary/aromatic N) is 6. The number of unbranched alkanes of at least 4 members (excludes halogenated alkanes) is 3. The summed E-state index contributed by atoms with van der Waals surface area (Å²) in [7, 11) is 5.10. The standard InChI is InChI=1S/C32H38N7O2.2BrH/c1-37(28-11-7-6-8-12-28)34-25-26-13-19-38(20-14-26)17-9-4-5-10-18-39-21-15-27(16-22-39)35-36-30-23-29(40-2)24-31(41-3)32(30)33;;/h6-8,11-16,19-25,33H,4-5,9-10,17-18H2,1-3H3;2*1H/q+1;;/p-1. The monoisotopic (exact) mass is 711 g/mol. The number of methoxy groups -OCH3 is 2. The Labute approximate surface area is 275 Å². The molecule has 0 spiro atoms. The van der Waals surface area contributed by atoms with Crippen molar-refractivity contribution in [3.63, 3.8) is 0 Å². The van der Waals surface area contributed by atoms with E-state index >= 15 is 0 Å². The van der Waals surface area contributed by atoms with Crippen LogP contribution in [0.25, 0.3) is 0 Å². The first kappa shape index (κ1) is 35.4. The van der Waals surface area contributed by atoms with Crippen molar-refractivity contribution < 1.29 is 52.6 Å². The van der Waals surface area contributed by atoms with Crippen LogP contribution in [0.2, 0.25) is 0 Å². The van der Waals surface area contributed by atoms with Crippen LogP contribution in [0.1, 0.15) is 31.2 Å². The molecule has 0 saturated heterocycles. The van der Waals surface area contributed by atoms with E-state index in [0.29, 0.717) is 22.9 Å². The van der Waals surface area contributed by atoms with Crippen molar-refractivity contribution in [3.05, 3.63) is 97.1 Å². The van der Waals surface area contributed by atoms with E-state index in [1.165, 1.54) is 12.8 Å². The largest absolute Gasteiger partial charge is 1.00 e. The molecule has 0 amide bonds. The van der Waals surface area contributed by atoms with Crippen molar-refractivity contribution in [2.45, 2.75) is 38.8 Å². The number of halogens is 2. The summed E-state index contributed by atoms with van der Waals surface area (Å²) < 4.78 is 15.0. The average Bonchev–Trinajstić information content (AvgIpc) is 3.02. The van der Waals surface area contributed by atoms with Crippen molar-refractivity contribution >= 4 is 29.0 Å². The van der Waals surface area contributed by atoms with E-state index in [9.17, 15) is 0 Å². The Kier molecular flexibility index (Phi) is 15.3. The zero-order valence-corrected chi connectivity index (χ0v) is 28.0. The summed E-state index contributed by atoms with van der Waals surface area (Å²) >= 11 is 0. The predicted octanol–water partition coefficient (Wildman–Crippen LogP) is 0.0153. The number of pyridine rings is 2. The van der Waals surface area contributed by atoms with Gasteiger partial charge in [-0.3, -0.25) is 5.01 Å². The Morgan fingerprint density at radius 3 is 1.95 bits per heavy atom. The van der Waals surface area contributed by atoms with Crippen LogP contribution in [0, 0.1) is 0 Å². The van der Waals surface area contributed by atoms with Crippen LogP contribution < -0.4 is 63.3 Å². The van der Waals surface area contributed by atoms with E-state index in [1.807, 2.05) is 73.1 Å². The minimum atomic E-state index is 0. The van der Waals surface area contributed by atoms with Crippen molar-refractivity contribution in [1.82, 2.24) is 0 Å². The molecule has 0 aliphatic carbocycles. The molecule has 11 heteroatoms. The highest BCUT2D eigenvalue weighted by molar-refractivity contribution is 5.79. The number of nitrogens with two attached hydrogens (primary N) is 1.